The van der Waals surface area contributed by atoms with E-state index in [-0.39, 0.29) is 5.97 Å². The van der Waals surface area contributed by atoms with Gasteiger partial charge in [-0.2, -0.15) is 10.2 Å². The molecule has 2 aromatic carbocycles. The molecule has 0 fully saturated rings. The molecule has 0 saturated carbocycles. The Hall–Kier alpha value is -2.40. The number of hydrogen-bond donors (Lipinski definition) is 0. The summed E-state index contributed by atoms with van der Waals surface area (Å²) in [6, 6.07) is 14.2. The Morgan fingerprint density at radius 3 is 2.04 bits per heavy atom. The lowest BCUT2D eigenvalue weighted by Gasteiger charge is -2.05. The number of carbonyl (C=O) groups is 1. The molecule has 0 spiro atoms. The van der Waals surface area contributed by atoms with Crippen molar-refractivity contribution < 1.29 is 14.3 Å². The van der Waals surface area contributed by atoms with E-state index in [1.165, 1.54) is 7.11 Å². The van der Waals surface area contributed by atoms with Crippen molar-refractivity contribution in [1.29, 1.82) is 0 Å². The van der Waals surface area contributed by atoms with Gasteiger partial charge in [0.05, 0.1) is 30.7 Å². The highest BCUT2D eigenvalue weighted by atomic mass is 35.5. The molecule has 138 valence electrons. The summed E-state index contributed by atoms with van der Waals surface area (Å²) in [5.74, 6) is 1.18. The van der Waals surface area contributed by atoms with E-state index in [9.17, 15) is 4.79 Å². The van der Waals surface area contributed by atoms with Crippen LogP contribution in [0.4, 0.5) is 11.4 Å². The quantitative estimate of drug-likeness (QED) is 0.219. The maximum atomic E-state index is 11.4. The topological polar surface area (TPSA) is 60.2 Å². The first kappa shape index (κ1) is 19.9. The van der Waals surface area contributed by atoms with Crippen LogP contribution in [0.2, 0.25) is 0 Å². The smallest absolute Gasteiger partial charge is 0.337 e. The fraction of sp³-hybridized carbons (Fsp3) is 0.350. The minimum atomic E-state index is -0.372. The van der Waals surface area contributed by atoms with Crippen molar-refractivity contribution in [3.63, 3.8) is 0 Å². The van der Waals surface area contributed by atoms with Crippen molar-refractivity contribution in [2.24, 2.45) is 10.2 Å². The Morgan fingerprint density at radius 1 is 0.885 bits per heavy atom. The third-order valence-electron chi connectivity index (χ3n) is 3.70. The van der Waals surface area contributed by atoms with Crippen LogP contribution in [0.15, 0.2) is 58.8 Å². The number of nitrogens with zero attached hydrogens (tertiary/aromatic N) is 2. The Labute approximate surface area is 159 Å². The van der Waals surface area contributed by atoms with Crippen LogP contribution in [-0.4, -0.2) is 25.6 Å². The minimum Gasteiger partial charge on any atom is -0.494 e. The molecule has 0 aliphatic carbocycles. The molecule has 0 heterocycles. The first-order valence-corrected chi connectivity index (χ1v) is 9.15. The highest BCUT2D eigenvalue weighted by Gasteiger charge is 2.03. The van der Waals surface area contributed by atoms with Gasteiger partial charge in [-0.25, -0.2) is 4.79 Å². The first-order valence-electron chi connectivity index (χ1n) is 8.62. The summed E-state index contributed by atoms with van der Waals surface area (Å²) in [5, 5.41) is 8.34. The molecule has 0 N–H and O–H groups in total. The highest BCUT2D eigenvalue weighted by molar-refractivity contribution is 6.17. The van der Waals surface area contributed by atoms with Crippen LogP contribution in [0.25, 0.3) is 0 Å². The summed E-state index contributed by atoms with van der Waals surface area (Å²) < 4.78 is 10.4. The number of alkyl halides is 1. The fourth-order valence-electron chi connectivity index (χ4n) is 2.25. The van der Waals surface area contributed by atoms with Gasteiger partial charge in [-0.05, 0) is 61.4 Å². The standard InChI is InChI=1S/C20H23ClN2O3/c1-25-20(24)16-6-8-17(9-7-16)22-23-18-10-12-19(13-11-18)26-15-5-3-2-4-14-21/h6-13H,2-5,14-15H2,1H3. The van der Waals surface area contributed by atoms with E-state index in [1.807, 2.05) is 24.3 Å². The summed E-state index contributed by atoms with van der Waals surface area (Å²) in [4.78, 5) is 11.4. The third kappa shape index (κ3) is 6.84. The largest absolute Gasteiger partial charge is 0.494 e. The molecule has 0 aliphatic heterocycles. The van der Waals surface area contributed by atoms with Crippen molar-refractivity contribution in [2.75, 3.05) is 19.6 Å². The maximum Gasteiger partial charge on any atom is 0.337 e. The molecule has 26 heavy (non-hydrogen) atoms. The Balaban J connectivity index is 1.81. The number of ether oxygens (including phenoxy) is 2. The number of rotatable bonds is 10. The predicted octanol–water partition coefficient (Wildman–Crippen LogP) is 6.07. The number of hydrogen-bond acceptors (Lipinski definition) is 5. The lowest BCUT2D eigenvalue weighted by atomic mass is 10.2. The molecule has 0 amide bonds. The van der Waals surface area contributed by atoms with E-state index in [0.717, 1.165) is 43.0 Å². The molecular formula is C20H23ClN2O3. The van der Waals surface area contributed by atoms with Gasteiger partial charge in [0.1, 0.15) is 5.75 Å². The van der Waals surface area contributed by atoms with Gasteiger partial charge in [-0.1, -0.05) is 12.8 Å². The SMILES string of the molecule is COC(=O)c1ccc(N=Nc2ccc(OCCCCCCCl)cc2)cc1. The van der Waals surface area contributed by atoms with Crippen LogP contribution in [0, 0.1) is 0 Å². The fourth-order valence-corrected chi connectivity index (χ4v) is 2.44. The maximum absolute atomic E-state index is 11.4. The van der Waals surface area contributed by atoms with Crippen molar-refractivity contribution in [3.05, 3.63) is 54.1 Å². The van der Waals surface area contributed by atoms with Gasteiger partial charge in [-0.3, -0.25) is 0 Å². The van der Waals surface area contributed by atoms with Gasteiger partial charge in [0.2, 0.25) is 0 Å². The van der Waals surface area contributed by atoms with E-state index in [2.05, 4.69) is 15.0 Å². The summed E-state index contributed by atoms with van der Waals surface area (Å²) >= 11 is 5.65. The molecule has 2 aromatic rings. The molecule has 0 atom stereocenters. The second-order valence-corrected chi connectivity index (χ2v) is 6.06. The molecule has 0 radical (unpaired) electrons. The predicted molar refractivity (Wildman–Crippen MR) is 103 cm³/mol. The van der Waals surface area contributed by atoms with Gasteiger partial charge in [0, 0.05) is 5.88 Å². The Kier molecular flexibility index (Phi) is 8.63. The zero-order chi connectivity index (χ0) is 18.6. The lowest BCUT2D eigenvalue weighted by Crippen LogP contribution is -1.99. The van der Waals surface area contributed by atoms with Crippen molar-refractivity contribution >= 4 is 28.9 Å². The molecule has 5 nitrogen and oxygen atoms in total. The number of methoxy groups -OCH3 is 1. The van der Waals surface area contributed by atoms with Crippen molar-refractivity contribution in [1.82, 2.24) is 0 Å². The Morgan fingerprint density at radius 2 is 1.46 bits per heavy atom. The van der Waals surface area contributed by atoms with Crippen LogP contribution < -0.4 is 4.74 Å². The highest BCUT2D eigenvalue weighted by Crippen LogP contribution is 2.22. The summed E-state index contributed by atoms with van der Waals surface area (Å²) in [7, 11) is 1.35. The molecule has 6 heteroatoms. The van der Waals surface area contributed by atoms with Crippen LogP contribution in [-0.2, 0) is 4.74 Å². The molecule has 2 rings (SSSR count). The first-order chi connectivity index (χ1) is 12.7. The van der Waals surface area contributed by atoms with E-state index in [0.29, 0.717) is 17.9 Å². The molecule has 0 saturated heterocycles. The molecule has 0 aromatic heterocycles. The van der Waals surface area contributed by atoms with E-state index in [1.54, 1.807) is 24.3 Å². The van der Waals surface area contributed by atoms with Gasteiger partial charge < -0.3 is 9.47 Å². The van der Waals surface area contributed by atoms with E-state index in [4.69, 9.17) is 16.3 Å². The molecule has 0 unspecified atom stereocenters. The molecular weight excluding hydrogens is 352 g/mol. The van der Waals surface area contributed by atoms with Crippen molar-refractivity contribution in [2.45, 2.75) is 25.7 Å². The van der Waals surface area contributed by atoms with Crippen LogP contribution in [0.3, 0.4) is 0 Å². The zero-order valence-electron chi connectivity index (χ0n) is 14.9. The summed E-state index contributed by atoms with van der Waals surface area (Å²) in [5.41, 5.74) is 1.88. The second kappa shape index (κ2) is 11.3. The lowest BCUT2D eigenvalue weighted by molar-refractivity contribution is 0.0601. The van der Waals surface area contributed by atoms with Crippen molar-refractivity contribution in [3.8, 4) is 5.75 Å². The van der Waals surface area contributed by atoms with Crippen LogP contribution in [0.5, 0.6) is 5.75 Å². The summed E-state index contributed by atoms with van der Waals surface area (Å²) in [6.07, 6.45) is 4.37. The van der Waals surface area contributed by atoms with Gasteiger partial charge in [0.15, 0.2) is 0 Å². The van der Waals surface area contributed by atoms with E-state index < -0.39 is 0 Å². The minimum absolute atomic E-state index is 0.372. The number of carbonyl (C=O) groups excluding carboxylic acids is 1. The average molecular weight is 375 g/mol. The summed E-state index contributed by atoms with van der Waals surface area (Å²) in [6.45, 7) is 0.704. The number of azo groups is 1. The number of esters is 1. The van der Waals surface area contributed by atoms with Gasteiger partial charge >= 0.3 is 5.97 Å². The number of unbranched alkanes of at least 4 members (excludes halogenated alkanes) is 3. The average Bonchev–Trinajstić information content (AvgIpc) is 2.69. The van der Waals surface area contributed by atoms with Crippen LogP contribution in [0.1, 0.15) is 36.0 Å². The normalized spacial score (nSPS) is 10.8. The molecule has 0 aliphatic rings. The second-order valence-electron chi connectivity index (χ2n) is 5.68. The molecule has 0 bridgehead atoms. The van der Waals surface area contributed by atoms with Gasteiger partial charge in [-0.15, -0.1) is 11.6 Å². The number of halogens is 1. The van der Waals surface area contributed by atoms with Crippen LogP contribution >= 0.6 is 11.6 Å². The zero-order valence-corrected chi connectivity index (χ0v) is 15.6. The third-order valence-corrected chi connectivity index (χ3v) is 3.97. The Bertz CT molecular complexity index is 700. The van der Waals surface area contributed by atoms with Gasteiger partial charge in [0.25, 0.3) is 0 Å². The van der Waals surface area contributed by atoms with E-state index >= 15 is 0 Å². The number of benzene rings is 2. The monoisotopic (exact) mass is 374 g/mol.